The van der Waals surface area contributed by atoms with Crippen LogP contribution in [0.15, 0.2) is 65.6 Å². The summed E-state index contributed by atoms with van der Waals surface area (Å²) in [5.74, 6) is -0.289. The highest BCUT2D eigenvalue weighted by Gasteiger charge is 2.24. The van der Waals surface area contributed by atoms with Crippen LogP contribution in [0.3, 0.4) is 0 Å². The fourth-order valence-electron chi connectivity index (χ4n) is 3.31. The molecule has 3 aromatic carbocycles. The summed E-state index contributed by atoms with van der Waals surface area (Å²) in [6.45, 7) is 1.58. The number of benzene rings is 3. The third kappa shape index (κ3) is 4.72. The zero-order valence-corrected chi connectivity index (χ0v) is 18.2. The quantitative estimate of drug-likeness (QED) is 0.373. The smallest absolute Gasteiger partial charge is 0.274 e. The van der Waals surface area contributed by atoms with Crippen LogP contribution in [-0.2, 0) is 16.4 Å². The van der Waals surface area contributed by atoms with Crippen molar-refractivity contribution in [3.63, 3.8) is 0 Å². The van der Waals surface area contributed by atoms with Crippen molar-refractivity contribution >= 4 is 21.6 Å². The number of nitrogens with zero attached hydrogens (tertiary/aromatic N) is 1. The van der Waals surface area contributed by atoms with E-state index in [4.69, 9.17) is 4.74 Å². The molecule has 0 atom stereocenters. The number of hydrogen-bond acceptors (Lipinski definition) is 6. The molecule has 3 N–H and O–H groups in total. The molecule has 0 aliphatic heterocycles. The highest BCUT2D eigenvalue weighted by Crippen LogP contribution is 2.31. The Morgan fingerprint density at radius 2 is 1.78 bits per heavy atom. The fourth-order valence-corrected chi connectivity index (χ4v) is 4.45. The lowest BCUT2D eigenvalue weighted by molar-refractivity contribution is 0.0705. The third-order valence-corrected chi connectivity index (χ3v) is 6.29. The predicted octanol–water partition coefficient (Wildman–Crippen LogP) is 3.39. The van der Waals surface area contributed by atoms with E-state index in [1.807, 2.05) is 36.4 Å². The van der Waals surface area contributed by atoms with E-state index in [-0.39, 0.29) is 28.1 Å². The van der Waals surface area contributed by atoms with E-state index in [1.165, 1.54) is 37.4 Å². The Kier molecular flexibility index (Phi) is 6.78. The van der Waals surface area contributed by atoms with Gasteiger partial charge < -0.3 is 4.74 Å². The molecule has 0 spiro atoms. The van der Waals surface area contributed by atoms with Crippen molar-refractivity contribution in [3.8, 4) is 11.8 Å². The number of anilines is 1. The highest BCUT2D eigenvalue weighted by molar-refractivity contribution is 7.92. The zero-order valence-electron chi connectivity index (χ0n) is 17.4. The van der Waals surface area contributed by atoms with Crippen LogP contribution in [-0.4, -0.2) is 26.6 Å². The first kappa shape index (κ1) is 22.8. The van der Waals surface area contributed by atoms with E-state index in [9.17, 15) is 23.7 Å². The maximum atomic E-state index is 13.0. The lowest BCUT2D eigenvalue weighted by Gasteiger charge is -2.18. The van der Waals surface area contributed by atoms with Crippen LogP contribution in [0.25, 0.3) is 0 Å². The maximum Gasteiger partial charge on any atom is 0.274 e. The molecule has 0 aliphatic rings. The number of rotatable bonds is 7. The number of hydroxylamine groups is 1. The van der Waals surface area contributed by atoms with E-state index in [2.05, 4.69) is 4.72 Å². The van der Waals surface area contributed by atoms with Crippen molar-refractivity contribution in [3.05, 3.63) is 88.5 Å². The molecule has 0 aromatic heterocycles. The number of ether oxygens (including phenoxy) is 1. The number of sulfonamides is 1. The number of nitriles is 1. The van der Waals surface area contributed by atoms with Gasteiger partial charge in [0, 0.05) is 5.56 Å². The van der Waals surface area contributed by atoms with Crippen LogP contribution in [0.2, 0.25) is 0 Å². The molecule has 0 bridgehead atoms. The number of nitrogens with one attached hydrogen (secondary N) is 2. The second-order valence-corrected chi connectivity index (χ2v) is 8.65. The average molecular weight is 452 g/mol. The van der Waals surface area contributed by atoms with Gasteiger partial charge in [-0.1, -0.05) is 30.3 Å². The summed E-state index contributed by atoms with van der Waals surface area (Å²) < 4.78 is 33.5. The SMILES string of the molecule is COc1ccc(S(=O)(=O)Nc2c(C)cc(C(=O)NO)c(Cc3ccccc3)c2C#N)cc1. The minimum atomic E-state index is -4.03. The van der Waals surface area contributed by atoms with Crippen molar-refractivity contribution in [2.45, 2.75) is 18.2 Å². The summed E-state index contributed by atoms with van der Waals surface area (Å²) in [6, 6.07) is 18.4. The molecular formula is C23H21N3O5S. The van der Waals surface area contributed by atoms with Crippen LogP contribution < -0.4 is 14.9 Å². The van der Waals surface area contributed by atoms with Crippen molar-refractivity contribution in [1.29, 1.82) is 5.26 Å². The number of hydrogen-bond donors (Lipinski definition) is 3. The third-order valence-electron chi connectivity index (χ3n) is 4.92. The summed E-state index contributed by atoms with van der Waals surface area (Å²) in [6.07, 6.45) is 0.185. The Balaban J connectivity index is 2.14. The Morgan fingerprint density at radius 3 is 2.34 bits per heavy atom. The van der Waals surface area contributed by atoms with Gasteiger partial charge in [-0.3, -0.25) is 14.7 Å². The van der Waals surface area contributed by atoms with Gasteiger partial charge in [-0.2, -0.15) is 5.26 Å². The summed E-state index contributed by atoms with van der Waals surface area (Å²) in [7, 11) is -2.55. The molecule has 0 unspecified atom stereocenters. The molecule has 0 heterocycles. The second kappa shape index (κ2) is 9.51. The van der Waals surface area contributed by atoms with Gasteiger partial charge in [0.2, 0.25) is 0 Å². The average Bonchev–Trinajstić information content (AvgIpc) is 2.81. The van der Waals surface area contributed by atoms with Crippen molar-refractivity contribution < 1.29 is 23.2 Å². The number of methoxy groups -OCH3 is 1. The molecule has 164 valence electrons. The standard InChI is InChI=1S/C23H21N3O5S/c1-15-12-20(23(27)25-28)19(13-16-6-4-3-5-7-16)21(14-24)22(15)26-32(29,30)18-10-8-17(31-2)9-11-18/h3-12,26,28H,13H2,1-2H3,(H,25,27). The molecule has 8 nitrogen and oxygen atoms in total. The summed E-state index contributed by atoms with van der Waals surface area (Å²) in [5, 5.41) is 19.1. The van der Waals surface area contributed by atoms with E-state index in [0.717, 1.165) is 5.56 Å². The van der Waals surface area contributed by atoms with Gasteiger partial charge in [0.05, 0.1) is 23.3 Å². The van der Waals surface area contributed by atoms with E-state index >= 15 is 0 Å². The van der Waals surface area contributed by atoms with Crippen LogP contribution in [0, 0.1) is 18.3 Å². The molecule has 0 saturated carbocycles. The lowest BCUT2D eigenvalue weighted by atomic mass is 9.91. The van der Waals surface area contributed by atoms with Crippen LogP contribution in [0.5, 0.6) is 5.75 Å². The number of carbonyl (C=O) groups excluding carboxylic acids is 1. The van der Waals surface area contributed by atoms with Gasteiger partial charge in [0.25, 0.3) is 15.9 Å². The van der Waals surface area contributed by atoms with Crippen LogP contribution in [0.4, 0.5) is 5.69 Å². The minimum Gasteiger partial charge on any atom is -0.497 e. The maximum absolute atomic E-state index is 13.0. The lowest BCUT2D eigenvalue weighted by Crippen LogP contribution is -2.23. The molecule has 3 rings (SSSR count). The Hall–Kier alpha value is -3.87. The van der Waals surface area contributed by atoms with E-state index in [1.54, 1.807) is 12.4 Å². The first-order valence-corrected chi connectivity index (χ1v) is 11.0. The van der Waals surface area contributed by atoms with Gasteiger partial charge in [0.15, 0.2) is 0 Å². The normalized spacial score (nSPS) is 10.8. The number of carbonyl (C=O) groups is 1. The van der Waals surface area contributed by atoms with E-state index in [0.29, 0.717) is 16.9 Å². The zero-order chi connectivity index (χ0) is 23.3. The largest absolute Gasteiger partial charge is 0.497 e. The first-order valence-electron chi connectivity index (χ1n) is 9.52. The van der Waals surface area contributed by atoms with Crippen molar-refractivity contribution in [2.75, 3.05) is 11.8 Å². The van der Waals surface area contributed by atoms with E-state index < -0.39 is 15.9 Å². The molecule has 0 saturated heterocycles. The monoisotopic (exact) mass is 451 g/mol. The molecule has 3 aromatic rings. The highest BCUT2D eigenvalue weighted by atomic mass is 32.2. The molecule has 0 aliphatic carbocycles. The van der Waals surface area contributed by atoms with Gasteiger partial charge >= 0.3 is 0 Å². The molecular weight excluding hydrogens is 430 g/mol. The summed E-state index contributed by atoms with van der Waals surface area (Å²) >= 11 is 0. The first-order chi connectivity index (χ1) is 15.3. The second-order valence-electron chi connectivity index (χ2n) is 6.97. The molecule has 1 amide bonds. The predicted molar refractivity (Wildman–Crippen MR) is 118 cm³/mol. The summed E-state index contributed by atoms with van der Waals surface area (Å²) in [5.41, 5.74) is 3.21. The molecule has 32 heavy (non-hydrogen) atoms. The van der Waals surface area contributed by atoms with Gasteiger partial charge in [0.1, 0.15) is 11.8 Å². The molecule has 0 radical (unpaired) electrons. The number of aryl methyl sites for hydroxylation is 1. The topological polar surface area (TPSA) is 129 Å². The van der Waals surface area contributed by atoms with Crippen LogP contribution in [0.1, 0.15) is 32.6 Å². The minimum absolute atomic E-state index is 0.00420. The van der Waals surface area contributed by atoms with Gasteiger partial charge in [-0.15, -0.1) is 0 Å². The fraction of sp³-hybridized carbons (Fsp3) is 0.130. The van der Waals surface area contributed by atoms with Gasteiger partial charge in [-0.25, -0.2) is 13.9 Å². The summed E-state index contributed by atoms with van der Waals surface area (Å²) in [4.78, 5) is 12.3. The molecule has 9 heteroatoms. The molecule has 0 fully saturated rings. The van der Waals surface area contributed by atoms with Crippen molar-refractivity contribution in [1.82, 2.24) is 5.48 Å². The Morgan fingerprint density at radius 1 is 1.12 bits per heavy atom. The Bertz CT molecular complexity index is 1280. The number of amides is 1. The van der Waals surface area contributed by atoms with Gasteiger partial charge in [-0.05, 0) is 60.4 Å². The van der Waals surface area contributed by atoms with Crippen molar-refractivity contribution in [2.24, 2.45) is 0 Å². The van der Waals surface area contributed by atoms with Crippen LogP contribution >= 0.6 is 0 Å². The Labute approximate surface area is 186 Å².